The summed E-state index contributed by atoms with van der Waals surface area (Å²) in [5, 5.41) is 2.99. The number of rotatable bonds is 2. The van der Waals surface area contributed by atoms with E-state index in [2.05, 4.69) is 29.4 Å². The SMILES string of the molecule is CC#CNCc1ccccc1. The van der Waals surface area contributed by atoms with E-state index in [1.54, 1.807) is 0 Å². The molecule has 0 atom stereocenters. The van der Waals surface area contributed by atoms with Crippen LogP contribution in [-0.2, 0) is 6.54 Å². The number of nitrogens with one attached hydrogen (secondary N) is 1. The van der Waals surface area contributed by atoms with Crippen LogP contribution in [0.2, 0.25) is 0 Å². The summed E-state index contributed by atoms with van der Waals surface area (Å²) in [4.78, 5) is 0. The summed E-state index contributed by atoms with van der Waals surface area (Å²) in [7, 11) is 0. The van der Waals surface area contributed by atoms with Gasteiger partial charge in [0.1, 0.15) is 0 Å². The molecule has 1 rings (SSSR count). The molecule has 0 aliphatic carbocycles. The molecule has 0 aliphatic heterocycles. The van der Waals surface area contributed by atoms with Gasteiger partial charge in [-0.15, -0.1) is 0 Å². The van der Waals surface area contributed by atoms with Gasteiger partial charge in [-0.3, -0.25) is 0 Å². The lowest BCUT2D eigenvalue weighted by Gasteiger charge is -1.96. The average molecular weight is 145 g/mol. The second-order valence-electron chi connectivity index (χ2n) is 2.21. The molecule has 0 saturated carbocycles. The maximum Gasteiger partial charge on any atom is 0.0480 e. The Morgan fingerprint density at radius 1 is 1.27 bits per heavy atom. The Balaban J connectivity index is 2.43. The van der Waals surface area contributed by atoms with Crippen LogP contribution in [0.4, 0.5) is 0 Å². The van der Waals surface area contributed by atoms with Crippen molar-refractivity contribution in [3.05, 3.63) is 35.9 Å². The van der Waals surface area contributed by atoms with Crippen LogP contribution < -0.4 is 5.32 Å². The summed E-state index contributed by atoms with van der Waals surface area (Å²) in [6, 6.07) is 13.0. The Morgan fingerprint density at radius 3 is 2.64 bits per heavy atom. The first kappa shape index (κ1) is 7.68. The molecule has 0 radical (unpaired) electrons. The molecule has 0 saturated heterocycles. The van der Waals surface area contributed by atoms with Gasteiger partial charge in [0.2, 0.25) is 0 Å². The van der Waals surface area contributed by atoms with Crippen molar-refractivity contribution < 1.29 is 0 Å². The Bertz CT molecular complexity index is 253. The normalized spacial score (nSPS) is 8.09. The highest BCUT2D eigenvalue weighted by atomic mass is 14.8. The summed E-state index contributed by atoms with van der Waals surface area (Å²) in [6.45, 7) is 2.64. The van der Waals surface area contributed by atoms with Gasteiger partial charge in [-0.1, -0.05) is 36.3 Å². The molecular formula is C10H11N. The molecule has 1 aromatic carbocycles. The average Bonchev–Trinajstić information content (AvgIpc) is 2.07. The maximum absolute atomic E-state index is 2.99. The molecule has 0 heterocycles. The van der Waals surface area contributed by atoms with E-state index in [0.29, 0.717) is 0 Å². The van der Waals surface area contributed by atoms with Crippen molar-refractivity contribution in [2.24, 2.45) is 0 Å². The Kier molecular flexibility index (Phi) is 3.08. The van der Waals surface area contributed by atoms with Crippen molar-refractivity contribution in [2.45, 2.75) is 13.5 Å². The third kappa shape index (κ3) is 2.77. The van der Waals surface area contributed by atoms with E-state index in [1.807, 2.05) is 25.1 Å². The minimum absolute atomic E-state index is 0.821. The Hall–Kier alpha value is -1.42. The lowest BCUT2D eigenvalue weighted by Crippen LogP contribution is -2.04. The number of benzene rings is 1. The Morgan fingerprint density at radius 2 is 2.00 bits per heavy atom. The summed E-state index contributed by atoms with van der Waals surface area (Å²) in [5.74, 6) is 2.78. The van der Waals surface area contributed by atoms with Crippen molar-refractivity contribution in [2.75, 3.05) is 0 Å². The van der Waals surface area contributed by atoms with Crippen molar-refractivity contribution in [3.8, 4) is 12.0 Å². The minimum Gasteiger partial charge on any atom is -0.341 e. The van der Waals surface area contributed by atoms with Crippen LogP contribution in [0.5, 0.6) is 0 Å². The van der Waals surface area contributed by atoms with Gasteiger partial charge in [0.25, 0.3) is 0 Å². The van der Waals surface area contributed by atoms with Gasteiger partial charge in [-0.2, -0.15) is 0 Å². The quantitative estimate of drug-likeness (QED) is 0.494. The molecule has 1 aromatic rings. The zero-order valence-corrected chi connectivity index (χ0v) is 6.59. The molecule has 1 nitrogen and oxygen atoms in total. The Labute approximate surface area is 67.4 Å². The molecule has 56 valence electrons. The van der Waals surface area contributed by atoms with E-state index >= 15 is 0 Å². The van der Waals surface area contributed by atoms with E-state index < -0.39 is 0 Å². The molecule has 0 aliphatic rings. The highest BCUT2D eigenvalue weighted by molar-refractivity contribution is 5.15. The van der Waals surface area contributed by atoms with E-state index in [4.69, 9.17) is 0 Å². The first-order chi connectivity index (χ1) is 5.43. The zero-order chi connectivity index (χ0) is 7.94. The molecule has 0 fully saturated rings. The van der Waals surface area contributed by atoms with Gasteiger partial charge in [0.05, 0.1) is 0 Å². The fraction of sp³-hybridized carbons (Fsp3) is 0.200. The molecule has 0 aromatic heterocycles. The predicted octanol–water partition coefficient (Wildman–Crippen LogP) is 1.76. The van der Waals surface area contributed by atoms with Crippen LogP contribution in [-0.4, -0.2) is 0 Å². The fourth-order valence-electron chi connectivity index (χ4n) is 0.831. The summed E-state index contributed by atoms with van der Waals surface area (Å²) in [6.07, 6.45) is 0. The van der Waals surface area contributed by atoms with Crippen molar-refractivity contribution >= 4 is 0 Å². The molecule has 0 amide bonds. The van der Waals surface area contributed by atoms with E-state index in [-0.39, 0.29) is 0 Å². The fourth-order valence-corrected chi connectivity index (χ4v) is 0.831. The molecular weight excluding hydrogens is 134 g/mol. The summed E-state index contributed by atoms with van der Waals surface area (Å²) >= 11 is 0. The molecule has 11 heavy (non-hydrogen) atoms. The smallest absolute Gasteiger partial charge is 0.0480 e. The number of hydrogen-bond acceptors (Lipinski definition) is 1. The molecule has 1 heteroatoms. The van der Waals surface area contributed by atoms with Crippen molar-refractivity contribution in [3.63, 3.8) is 0 Å². The lowest BCUT2D eigenvalue weighted by atomic mass is 10.2. The maximum atomic E-state index is 2.99. The standard InChI is InChI=1S/C10H11N/c1-2-8-11-9-10-6-4-3-5-7-10/h3-7,11H,9H2,1H3. The first-order valence-corrected chi connectivity index (χ1v) is 3.62. The third-order valence-electron chi connectivity index (χ3n) is 1.35. The van der Waals surface area contributed by atoms with Crippen LogP contribution in [0.3, 0.4) is 0 Å². The molecule has 1 N–H and O–H groups in total. The van der Waals surface area contributed by atoms with Gasteiger partial charge in [-0.25, -0.2) is 0 Å². The zero-order valence-electron chi connectivity index (χ0n) is 6.59. The van der Waals surface area contributed by atoms with Gasteiger partial charge in [0, 0.05) is 12.6 Å². The topological polar surface area (TPSA) is 12.0 Å². The van der Waals surface area contributed by atoms with Crippen LogP contribution in [0.25, 0.3) is 0 Å². The third-order valence-corrected chi connectivity index (χ3v) is 1.35. The lowest BCUT2D eigenvalue weighted by molar-refractivity contribution is 0.899. The molecule has 0 spiro atoms. The van der Waals surface area contributed by atoms with E-state index in [1.165, 1.54) is 5.56 Å². The van der Waals surface area contributed by atoms with Crippen molar-refractivity contribution in [1.82, 2.24) is 5.32 Å². The number of hydrogen-bond donors (Lipinski definition) is 1. The monoisotopic (exact) mass is 145 g/mol. The molecule has 0 unspecified atom stereocenters. The first-order valence-electron chi connectivity index (χ1n) is 3.62. The van der Waals surface area contributed by atoms with Gasteiger partial charge in [0.15, 0.2) is 0 Å². The second-order valence-corrected chi connectivity index (χ2v) is 2.21. The molecule has 0 bridgehead atoms. The van der Waals surface area contributed by atoms with Crippen molar-refractivity contribution in [1.29, 1.82) is 0 Å². The van der Waals surface area contributed by atoms with E-state index in [9.17, 15) is 0 Å². The summed E-state index contributed by atoms with van der Waals surface area (Å²) < 4.78 is 0. The summed E-state index contributed by atoms with van der Waals surface area (Å²) in [5.41, 5.74) is 1.26. The largest absolute Gasteiger partial charge is 0.341 e. The predicted molar refractivity (Wildman–Crippen MR) is 46.7 cm³/mol. The van der Waals surface area contributed by atoms with E-state index in [0.717, 1.165) is 6.54 Å². The van der Waals surface area contributed by atoms with Crippen LogP contribution in [0.1, 0.15) is 12.5 Å². The van der Waals surface area contributed by atoms with Gasteiger partial charge in [-0.05, 0) is 12.5 Å². The minimum atomic E-state index is 0.821. The highest BCUT2D eigenvalue weighted by Crippen LogP contribution is 1.95. The van der Waals surface area contributed by atoms with Crippen LogP contribution >= 0.6 is 0 Å². The second kappa shape index (κ2) is 4.40. The van der Waals surface area contributed by atoms with Gasteiger partial charge < -0.3 is 5.32 Å². The van der Waals surface area contributed by atoms with Crippen LogP contribution in [0.15, 0.2) is 30.3 Å². The van der Waals surface area contributed by atoms with Crippen LogP contribution in [0, 0.1) is 12.0 Å². The van der Waals surface area contributed by atoms with Gasteiger partial charge >= 0.3 is 0 Å². The highest BCUT2D eigenvalue weighted by Gasteiger charge is 1.84.